The van der Waals surface area contributed by atoms with Crippen molar-refractivity contribution in [2.75, 3.05) is 68.0 Å². The lowest BCUT2D eigenvalue weighted by molar-refractivity contribution is -0.138. The number of hydrogen-bond donors (Lipinski definition) is 2. The second-order valence-electron chi connectivity index (χ2n) is 10.9. The highest BCUT2D eigenvalue weighted by Gasteiger charge is 2.36. The summed E-state index contributed by atoms with van der Waals surface area (Å²) < 4.78 is 70.5. The first-order chi connectivity index (χ1) is 20.8. The van der Waals surface area contributed by atoms with Gasteiger partial charge in [-0.2, -0.15) is 13.2 Å². The highest BCUT2D eigenvalue weighted by Crippen LogP contribution is 2.37. The van der Waals surface area contributed by atoms with Crippen LogP contribution in [0, 0.1) is 11.6 Å². The highest BCUT2D eigenvalue weighted by atomic mass is 19.4. The first kappa shape index (κ1) is 31.0. The number of likely N-dealkylation sites (N-methyl/N-ethyl adjacent to an activating group) is 1. The second-order valence-corrected chi connectivity index (χ2v) is 10.9. The van der Waals surface area contributed by atoms with E-state index >= 15 is 4.39 Å². The second kappa shape index (κ2) is 12.3. The molecular weight excluding hydrogens is 587 g/mol. The fourth-order valence-corrected chi connectivity index (χ4v) is 5.41. The van der Waals surface area contributed by atoms with Crippen LogP contribution in [0.1, 0.15) is 22.8 Å². The summed E-state index contributed by atoms with van der Waals surface area (Å²) in [5.41, 5.74) is -1.36. The molecule has 1 atom stereocenters. The topological polar surface area (TPSA) is 92.2 Å². The predicted molar refractivity (Wildman–Crippen MR) is 155 cm³/mol. The van der Waals surface area contributed by atoms with E-state index in [9.17, 15) is 32.3 Å². The number of anilines is 3. The molecule has 0 unspecified atom stereocenters. The summed E-state index contributed by atoms with van der Waals surface area (Å²) in [6.07, 6.45) is -4.52. The van der Waals surface area contributed by atoms with Gasteiger partial charge < -0.3 is 30.0 Å². The van der Waals surface area contributed by atoms with Gasteiger partial charge in [-0.05, 0) is 56.4 Å². The summed E-state index contributed by atoms with van der Waals surface area (Å²) in [5, 5.41) is 11.7. The van der Waals surface area contributed by atoms with Gasteiger partial charge in [-0.15, -0.1) is 0 Å². The number of amides is 2. The van der Waals surface area contributed by atoms with Crippen LogP contribution >= 0.6 is 0 Å². The molecule has 0 radical (unpaired) electrons. The number of rotatable bonds is 5. The molecule has 44 heavy (non-hydrogen) atoms. The standard InChI is InChI=1S/C30H31F5N6O3/c1-18-17-41(8-7-38(18)2)26-15-24(32)22(19-3-6-27(36-16-19)39-9-11-40(12-10-39)29(43)44)14-25(26)37-28(42)21-5-4-20(31)13-23(21)30(33,34)35/h3-6,13-16,18H,7-12,17H2,1-2H3,(H,37,42)(H,43,44)/t18-/m0/s1. The van der Waals surface area contributed by atoms with Crippen LogP contribution in [-0.4, -0.2) is 90.8 Å². The molecule has 2 aliphatic heterocycles. The number of piperazine rings is 2. The van der Waals surface area contributed by atoms with Crippen LogP contribution in [0.2, 0.25) is 0 Å². The largest absolute Gasteiger partial charge is 0.465 e. The highest BCUT2D eigenvalue weighted by molar-refractivity contribution is 6.07. The van der Waals surface area contributed by atoms with E-state index in [1.807, 2.05) is 23.8 Å². The van der Waals surface area contributed by atoms with E-state index in [2.05, 4.69) is 15.2 Å². The first-order valence-electron chi connectivity index (χ1n) is 14.0. The van der Waals surface area contributed by atoms with E-state index in [0.717, 1.165) is 12.1 Å². The van der Waals surface area contributed by atoms with E-state index in [-0.39, 0.29) is 23.4 Å². The van der Waals surface area contributed by atoms with E-state index < -0.39 is 40.9 Å². The summed E-state index contributed by atoms with van der Waals surface area (Å²) in [6, 6.07) is 7.82. The van der Waals surface area contributed by atoms with Crippen LogP contribution in [-0.2, 0) is 6.18 Å². The van der Waals surface area contributed by atoms with Crippen LogP contribution in [0.3, 0.4) is 0 Å². The molecule has 2 amide bonds. The molecule has 0 bridgehead atoms. The Morgan fingerprint density at radius 3 is 2.27 bits per heavy atom. The van der Waals surface area contributed by atoms with Crippen molar-refractivity contribution in [2.24, 2.45) is 0 Å². The molecule has 0 aliphatic carbocycles. The fourth-order valence-electron chi connectivity index (χ4n) is 5.41. The SMILES string of the molecule is C[C@H]1CN(c2cc(F)c(-c3ccc(N4CCN(C(=O)O)CC4)nc3)cc2NC(=O)c2ccc(F)cc2C(F)(F)F)CCN1C. The summed E-state index contributed by atoms with van der Waals surface area (Å²) in [4.78, 5) is 36.1. The quantitative estimate of drug-likeness (QED) is 0.378. The summed E-state index contributed by atoms with van der Waals surface area (Å²) in [6.45, 7) is 5.08. The van der Waals surface area contributed by atoms with Crippen molar-refractivity contribution in [2.45, 2.75) is 19.1 Å². The zero-order chi connectivity index (χ0) is 31.8. The van der Waals surface area contributed by atoms with Crippen molar-refractivity contribution in [3.8, 4) is 11.1 Å². The number of nitrogens with one attached hydrogen (secondary N) is 1. The molecule has 2 aliphatic rings. The van der Waals surface area contributed by atoms with Crippen LogP contribution in [0.5, 0.6) is 0 Å². The van der Waals surface area contributed by atoms with Crippen LogP contribution in [0.4, 0.5) is 43.9 Å². The van der Waals surface area contributed by atoms with Gasteiger partial charge in [0.2, 0.25) is 0 Å². The Hall–Kier alpha value is -4.46. The van der Waals surface area contributed by atoms with Crippen LogP contribution in [0.25, 0.3) is 11.1 Å². The van der Waals surface area contributed by atoms with Crippen molar-refractivity contribution < 1.29 is 36.6 Å². The van der Waals surface area contributed by atoms with Crippen LogP contribution in [0.15, 0.2) is 48.7 Å². The average Bonchev–Trinajstić information content (AvgIpc) is 2.99. The molecular formula is C30H31F5N6O3. The first-order valence-corrected chi connectivity index (χ1v) is 14.0. The monoisotopic (exact) mass is 618 g/mol. The number of aromatic nitrogens is 1. The summed E-state index contributed by atoms with van der Waals surface area (Å²) >= 11 is 0. The Kier molecular flexibility index (Phi) is 8.64. The molecule has 234 valence electrons. The number of hydrogen-bond acceptors (Lipinski definition) is 6. The lowest BCUT2D eigenvalue weighted by Crippen LogP contribution is -2.50. The Bertz CT molecular complexity index is 1540. The average molecular weight is 619 g/mol. The molecule has 1 aromatic heterocycles. The van der Waals surface area contributed by atoms with Crippen LogP contribution < -0.4 is 15.1 Å². The smallest absolute Gasteiger partial charge is 0.417 e. The zero-order valence-electron chi connectivity index (χ0n) is 24.0. The number of benzene rings is 2. The number of halogens is 5. The van der Waals surface area contributed by atoms with E-state index in [0.29, 0.717) is 62.9 Å². The number of nitrogens with zero attached hydrogens (tertiary/aromatic N) is 5. The van der Waals surface area contributed by atoms with Gasteiger partial charge in [-0.1, -0.05) is 0 Å². The number of carboxylic acid groups (broad SMARTS) is 1. The zero-order valence-corrected chi connectivity index (χ0v) is 24.0. The van der Waals surface area contributed by atoms with Gasteiger partial charge in [-0.3, -0.25) is 4.79 Å². The molecule has 2 fully saturated rings. The van der Waals surface area contributed by atoms with Gasteiger partial charge in [0.1, 0.15) is 17.5 Å². The third-order valence-electron chi connectivity index (χ3n) is 8.10. The summed E-state index contributed by atoms with van der Waals surface area (Å²) in [7, 11) is 1.95. The maximum Gasteiger partial charge on any atom is 0.417 e. The van der Waals surface area contributed by atoms with Gasteiger partial charge in [-0.25, -0.2) is 18.6 Å². The molecule has 0 spiro atoms. The number of alkyl halides is 3. The normalized spacial score (nSPS) is 18.0. The van der Waals surface area contributed by atoms with Gasteiger partial charge in [0, 0.05) is 69.2 Å². The number of pyridine rings is 1. The third-order valence-corrected chi connectivity index (χ3v) is 8.10. The Labute approximate surface area is 250 Å². The summed E-state index contributed by atoms with van der Waals surface area (Å²) in [5.74, 6) is -2.30. The minimum atomic E-state index is -4.98. The van der Waals surface area contributed by atoms with E-state index in [4.69, 9.17) is 0 Å². The lowest BCUT2D eigenvalue weighted by atomic mass is 10.0. The Balaban J connectivity index is 1.48. The van der Waals surface area contributed by atoms with Crippen molar-refractivity contribution in [1.82, 2.24) is 14.8 Å². The minimum Gasteiger partial charge on any atom is -0.465 e. The molecule has 14 heteroatoms. The molecule has 3 heterocycles. The number of carbonyl (C=O) groups is 2. The molecule has 5 rings (SSSR count). The maximum absolute atomic E-state index is 15.7. The molecule has 2 N–H and O–H groups in total. The van der Waals surface area contributed by atoms with E-state index in [1.54, 1.807) is 12.1 Å². The maximum atomic E-state index is 15.7. The van der Waals surface area contributed by atoms with Gasteiger partial charge in [0.05, 0.1) is 22.5 Å². The van der Waals surface area contributed by atoms with Crippen molar-refractivity contribution >= 4 is 29.2 Å². The minimum absolute atomic E-state index is 0.0659. The molecule has 2 aromatic carbocycles. The van der Waals surface area contributed by atoms with Gasteiger partial charge in [0.25, 0.3) is 5.91 Å². The third kappa shape index (κ3) is 6.54. The predicted octanol–water partition coefficient (Wildman–Crippen LogP) is 5.24. The Morgan fingerprint density at radius 2 is 1.66 bits per heavy atom. The van der Waals surface area contributed by atoms with Crippen molar-refractivity contribution in [3.05, 3.63) is 71.4 Å². The van der Waals surface area contributed by atoms with Crippen molar-refractivity contribution in [3.63, 3.8) is 0 Å². The lowest BCUT2D eigenvalue weighted by Gasteiger charge is -2.39. The number of carbonyl (C=O) groups excluding carboxylic acids is 1. The van der Waals surface area contributed by atoms with Gasteiger partial charge in [0.15, 0.2) is 0 Å². The van der Waals surface area contributed by atoms with E-state index in [1.165, 1.54) is 23.2 Å². The fraction of sp³-hybridized carbons (Fsp3) is 0.367. The van der Waals surface area contributed by atoms with Crippen molar-refractivity contribution in [1.29, 1.82) is 0 Å². The Morgan fingerprint density at radius 1 is 0.955 bits per heavy atom. The molecule has 2 saturated heterocycles. The van der Waals surface area contributed by atoms with Gasteiger partial charge >= 0.3 is 12.3 Å². The molecule has 0 saturated carbocycles. The molecule has 9 nitrogen and oxygen atoms in total. The molecule has 3 aromatic rings.